The van der Waals surface area contributed by atoms with Gasteiger partial charge in [0, 0.05) is 17.7 Å². The monoisotopic (exact) mass is 460 g/mol. The lowest BCUT2D eigenvalue weighted by atomic mass is 10.1. The fraction of sp³-hybridized carbons (Fsp3) is 0.136. The van der Waals surface area contributed by atoms with Gasteiger partial charge in [-0.25, -0.2) is 8.42 Å². The molecule has 0 atom stereocenters. The Morgan fingerprint density at radius 2 is 1.68 bits per heavy atom. The summed E-state index contributed by atoms with van der Waals surface area (Å²) in [5.74, 6) is 0.909. The summed E-state index contributed by atoms with van der Waals surface area (Å²) in [5, 5.41) is 3.08. The topological polar surface area (TPSA) is 93.7 Å². The molecule has 0 aliphatic heterocycles. The van der Waals surface area contributed by atoms with E-state index >= 15 is 0 Å². The molecule has 0 bridgehead atoms. The number of rotatable bonds is 8. The van der Waals surface area contributed by atoms with Gasteiger partial charge in [0.2, 0.25) is 0 Å². The number of amides is 1. The Bertz CT molecular complexity index is 1180. The van der Waals surface area contributed by atoms with Crippen molar-refractivity contribution in [2.24, 2.45) is 0 Å². The zero-order valence-electron chi connectivity index (χ0n) is 16.9. The molecule has 0 aromatic heterocycles. The van der Waals surface area contributed by atoms with Gasteiger partial charge in [0.25, 0.3) is 15.9 Å². The second kappa shape index (κ2) is 9.72. The third-order valence-corrected chi connectivity index (χ3v) is 6.18. The first-order valence-electron chi connectivity index (χ1n) is 9.20. The van der Waals surface area contributed by atoms with Gasteiger partial charge in [-0.3, -0.25) is 9.52 Å². The Kier molecular flexibility index (Phi) is 7.04. The lowest BCUT2D eigenvalue weighted by molar-refractivity contribution is 0.0950. The van der Waals surface area contributed by atoms with Crippen molar-refractivity contribution in [3.05, 3.63) is 82.9 Å². The zero-order chi connectivity index (χ0) is 22.4. The third-order valence-electron chi connectivity index (χ3n) is 4.47. The lowest BCUT2D eigenvalue weighted by Gasteiger charge is -2.12. The molecule has 9 heteroatoms. The van der Waals surface area contributed by atoms with Crippen molar-refractivity contribution in [1.82, 2.24) is 5.32 Å². The summed E-state index contributed by atoms with van der Waals surface area (Å²) in [5.41, 5.74) is 1.34. The average molecular weight is 461 g/mol. The summed E-state index contributed by atoms with van der Waals surface area (Å²) in [4.78, 5) is 12.5. The molecule has 31 heavy (non-hydrogen) atoms. The minimum Gasteiger partial charge on any atom is -0.497 e. The molecule has 0 unspecified atom stereocenters. The average Bonchev–Trinajstić information content (AvgIpc) is 2.78. The van der Waals surface area contributed by atoms with Crippen molar-refractivity contribution >= 4 is 33.2 Å². The molecule has 162 valence electrons. The number of hydrogen-bond acceptors (Lipinski definition) is 5. The molecule has 0 spiro atoms. The van der Waals surface area contributed by atoms with Crippen LogP contribution in [-0.4, -0.2) is 28.5 Å². The van der Waals surface area contributed by atoms with Gasteiger partial charge in [-0.2, -0.15) is 0 Å². The minimum atomic E-state index is -3.85. The summed E-state index contributed by atoms with van der Waals surface area (Å²) in [6.45, 7) is 0.216. The largest absolute Gasteiger partial charge is 0.497 e. The van der Waals surface area contributed by atoms with Crippen LogP contribution in [0.2, 0.25) is 5.02 Å². The maximum absolute atomic E-state index is 12.6. The molecule has 3 aromatic carbocycles. The summed E-state index contributed by atoms with van der Waals surface area (Å²) in [6.07, 6.45) is 0. The second-order valence-corrected chi connectivity index (χ2v) is 8.56. The summed E-state index contributed by atoms with van der Waals surface area (Å²) in [6, 6.07) is 17.4. The molecule has 3 rings (SSSR count). The van der Waals surface area contributed by atoms with E-state index in [1.807, 2.05) is 0 Å². The molecule has 3 aromatic rings. The molecule has 0 aliphatic carbocycles. The molecule has 0 saturated heterocycles. The summed E-state index contributed by atoms with van der Waals surface area (Å²) >= 11 is 6.01. The van der Waals surface area contributed by atoms with Crippen LogP contribution in [0, 0.1) is 0 Å². The maximum atomic E-state index is 12.6. The molecule has 0 heterocycles. The fourth-order valence-electron chi connectivity index (χ4n) is 2.83. The first kappa shape index (κ1) is 22.5. The van der Waals surface area contributed by atoms with Crippen molar-refractivity contribution in [3.8, 4) is 11.5 Å². The number of anilines is 1. The van der Waals surface area contributed by atoms with E-state index in [9.17, 15) is 13.2 Å². The number of nitrogens with one attached hydrogen (secondary N) is 2. The van der Waals surface area contributed by atoms with E-state index in [1.165, 1.54) is 24.3 Å². The lowest BCUT2D eigenvalue weighted by Crippen LogP contribution is -2.23. The van der Waals surface area contributed by atoms with Gasteiger partial charge in [0.05, 0.1) is 29.8 Å². The van der Waals surface area contributed by atoms with Gasteiger partial charge in [-0.05, 0) is 54.6 Å². The van der Waals surface area contributed by atoms with Gasteiger partial charge >= 0.3 is 0 Å². The van der Waals surface area contributed by atoms with Crippen molar-refractivity contribution < 1.29 is 22.7 Å². The molecular formula is C22H21ClN2O5S. The fourth-order valence-corrected chi connectivity index (χ4v) is 4.15. The zero-order valence-corrected chi connectivity index (χ0v) is 18.5. The van der Waals surface area contributed by atoms with Crippen LogP contribution < -0.4 is 19.5 Å². The van der Waals surface area contributed by atoms with Crippen LogP contribution in [0.5, 0.6) is 11.5 Å². The molecular weight excluding hydrogens is 440 g/mol. The SMILES string of the molecule is COc1ccc(OC)c(CNC(=O)c2ccc(S(=O)(=O)Nc3ccccc3Cl)cc2)c1. The van der Waals surface area contributed by atoms with Crippen LogP contribution >= 0.6 is 11.6 Å². The quantitative estimate of drug-likeness (QED) is 0.528. The number of benzene rings is 3. The Labute approximate surface area is 186 Å². The number of hydrogen-bond donors (Lipinski definition) is 2. The molecule has 1 amide bonds. The highest BCUT2D eigenvalue weighted by Gasteiger charge is 2.17. The van der Waals surface area contributed by atoms with Gasteiger partial charge < -0.3 is 14.8 Å². The number of para-hydroxylation sites is 1. The van der Waals surface area contributed by atoms with E-state index in [0.29, 0.717) is 17.1 Å². The molecule has 0 aliphatic rings. The van der Waals surface area contributed by atoms with Gasteiger partial charge in [-0.1, -0.05) is 23.7 Å². The Balaban J connectivity index is 1.70. The number of ether oxygens (including phenoxy) is 2. The Hall–Kier alpha value is -3.23. The van der Waals surface area contributed by atoms with E-state index in [-0.39, 0.29) is 28.1 Å². The summed E-state index contributed by atoms with van der Waals surface area (Å²) in [7, 11) is -0.746. The third kappa shape index (κ3) is 5.48. The van der Waals surface area contributed by atoms with Gasteiger partial charge in [0.1, 0.15) is 11.5 Å². The predicted octanol–water partition coefficient (Wildman–Crippen LogP) is 4.09. The van der Waals surface area contributed by atoms with Crippen LogP contribution in [0.1, 0.15) is 15.9 Å². The smallest absolute Gasteiger partial charge is 0.261 e. The number of carbonyl (C=O) groups excluding carboxylic acids is 1. The molecule has 7 nitrogen and oxygen atoms in total. The van der Waals surface area contributed by atoms with Crippen LogP contribution in [0.3, 0.4) is 0 Å². The van der Waals surface area contributed by atoms with E-state index in [2.05, 4.69) is 10.0 Å². The number of sulfonamides is 1. The number of methoxy groups -OCH3 is 2. The Morgan fingerprint density at radius 1 is 0.968 bits per heavy atom. The van der Waals surface area contributed by atoms with E-state index in [4.69, 9.17) is 21.1 Å². The highest BCUT2D eigenvalue weighted by atomic mass is 35.5. The van der Waals surface area contributed by atoms with Crippen LogP contribution in [0.4, 0.5) is 5.69 Å². The van der Waals surface area contributed by atoms with Gasteiger partial charge in [0.15, 0.2) is 0 Å². The van der Waals surface area contributed by atoms with Crippen molar-refractivity contribution in [2.45, 2.75) is 11.4 Å². The van der Waals surface area contributed by atoms with Gasteiger partial charge in [-0.15, -0.1) is 0 Å². The minimum absolute atomic E-state index is 0.0124. The van der Waals surface area contributed by atoms with E-state index < -0.39 is 10.0 Å². The maximum Gasteiger partial charge on any atom is 0.261 e. The highest BCUT2D eigenvalue weighted by Crippen LogP contribution is 2.25. The van der Waals surface area contributed by atoms with E-state index in [1.54, 1.807) is 56.7 Å². The van der Waals surface area contributed by atoms with Crippen molar-refractivity contribution in [2.75, 3.05) is 18.9 Å². The Morgan fingerprint density at radius 3 is 2.32 bits per heavy atom. The van der Waals surface area contributed by atoms with Crippen LogP contribution in [0.25, 0.3) is 0 Å². The predicted molar refractivity (Wildman–Crippen MR) is 119 cm³/mol. The first-order valence-corrected chi connectivity index (χ1v) is 11.1. The van der Waals surface area contributed by atoms with Crippen molar-refractivity contribution in [3.63, 3.8) is 0 Å². The summed E-state index contributed by atoms with van der Waals surface area (Å²) < 4.78 is 38.1. The molecule has 0 fully saturated rings. The van der Waals surface area contributed by atoms with Crippen molar-refractivity contribution in [1.29, 1.82) is 0 Å². The standard InChI is InChI=1S/C22H21ClN2O5S/c1-29-17-9-12-21(30-2)16(13-17)14-24-22(26)15-7-10-18(11-8-15)31(27,28)25-20-6-4-3-5-19(20)23/h3-13,25H,14H2,1-2H3,(H,24,26). The van der Waals surface area contributed by atoms with E-state index in [0.717, 1.165) is 5.56 Å². The number of carbonyl (C=O) groups is 1. The second-order valence-electron chi connectivity index (χ2n) is 6.47. The van der Waals surface area contributed by atoms with Crippen LogP contribution in [0.15, 0.2) is 71.6 Å². The highest BCUT2D eigenvalue weighted by molar-refractivity contribution is 7.92. The normalized spacial score (nSPS) is 10.9. The first-order chi connectivity index (χ1) is 14.8. The molecule has 0 radical (unpaired) electrons. The number of halogens is 1. The molecule has 0 saturated carbocycles. The molecule has 2 N–H and O–H groups in total. The van der Waals surface area contributed by atoms with Crippen LogP contribution in [-0.2, 0) is 16.6 Å².